The SMILES string of the molecule is C=C[n+]1ccc(-c2ccccc2)cc1.[O-][Cl+3]([O-])([O-])[O-]. The van der Waals surface area contributed by atoms with E-state index in [0.717, 1.165) is 0 Å². The quantitative estimate of drug-likeness (QED) is 0.594. The molecule has 0 radical (unpaired) electrons. The van der Waals surface area contributed by atoms with E-state index in [-0.39, 0.29) is 0 Å². The highest BCUT2D eigenvalue weighted by Gasteiger charge is 1.98. The maximum Gasteiger partial charge on any atom is 0.175 e. The van der Waals surface area contributed by atoms with E-state index in [1.165, 1.54) is 11.1 Å². The number of nitrogens with zero attached hydrogens (tertiary/aromatic N) is 1. The minimum absolute atomic E-state index is 1.23. The van der Waals surface area contributed by atoms with E-state index in [2.05, 4.69) is 30.8 Å². The first-order chi connectivity index (χ1) is 8.90. The maximum atomic E-state index is 8.49. The predicted molar refractivity (Wildman–Crippen MR) is 58.5 cm³/mol. The van der Waals surface area contributed by atoms with Crippen LogP contribution in [0.15, 0.2) is 61.4 Å². The van der Waals surface area contributed by atoms with Crippen molar-refractivity contribution in [3.63, 3.8) is 0 Å². The van der Waals surface area contributed by atoms with Gasteiger partial charge in [-0.05, 0) is 17.7 Å². The molecule has 0 atom stereocenters. The van der Waals surface area contributed by atoms with Crippen LogP contribution in [0.4, 0.5) is 0 Å². The van der Waals surface area contributed by atoms with Crippen molar-refractivity contribution in [3.05, 3.63) is 61.4 Å². The van der Waals surface area contributed by atoms with E-state index in [0.29, 0.717) is 0 Å². The molecule has 2 rings (SSSR count). The van der Waals surface area contributed by atoms with Crippen LogP contribution in [0, 0.1) is 10.2 Å². The lowest BCUT2D eigenvalue weighted by Gasteiger charge is -2.17. The maximum absolute atomic E-state index is 8.49. The third-order valence-electron chi connectivity index (χ3n) is 2.17. The summed E-state index contributed by atoms with van der Waals surface area (Å²) in [5.41, 5.74) is 2.47. The fourth-order valence-electron chi connectivity index (χ4n) is 1.38. The van der Waals surface area contributed by atoms with E-state index in [1.54, 1.807) is 6.20 Å². The van der Waals surface area contributed by atoms with Crippen molar-refractivity contribution < 1.29 is 33.4 Å². The van der Waals surface area contributed by atoms with Gasteiger partial charge in [-0.3, -0.25) is 0 Å². The van der Waals surface area contributed by atoms with Gasteiger partial charge in [0.2, 0.25) is 0 Å². The first-order valence-electron chi connectivity index (χ1n) is 5.20. The van der Waals surface area contributed by atoms with Gasteiger partial charge in [0.25, 0.3) is 0 Å². The van der Waals surface area contributed by atoms with Crippen molar-refractivity contribution in [1.82, 2.24) is 0 Å². The summed E-state index contributed by atoms with van der Waals surface area (Å²) in [6.45, 7) is 3.70. The van der Waals surface area contributed by atoms with Crippen LogP contribution in [0.25, 0.3) is 17.3 Å². The minimum Gasteiger partial charge on any atom is -0.222 e. The van der Waals surface area contributed by atoms with Crippen LogP contribution < -0.4 is 23.2 Å². The second-order valence-corrected chi connectivity index (χ2v) is 4.22. The number of aromatic nitrogens is 1. The Bertz CT molecular complexity index is 502. The summed E-state index contributed by atoms with van der Waals surface area (Å²) in [7, 11) is -4.94. The van der Waals surface area contributed by atoms with Crippen molar-refractivity contribution in [2.75, 3.05) is 0 Å². The smallest absolute Gasteiger partial charge is 0.175 e. The van der Waals surface area contributed by atoms with E-state index in [9.17, 15) is 0 Å². The molecule has 0 unspecified atom stereocenters. The standard InChI is InChI=1S/C13H12N.ClHO4/c1-2-14-10-8-13(9-11-14)12-6-4-3-5-7-12;2-1(3,4)5/h2-11H,1H2;(H,2,3,4,5)/q+1;/p-1. The summed E-state index contributed by atoms with van der Waals surface area (Å²) in [5.74, 6) is 0. The summed E-state index contributed by atoms with van der Waals surface area (Å²) >= 11 is 0. The number of rotatable bonds is 2. The Morgan fingerprint density at radius 3 is 1.68 bits per heavy atom. The molecule has 100 valence electrons. The van der Waals surface area contributed by atoms with Gasteiger partial charge >= 0.3 is 0 Å². The van der Waals surface area contributed by atoms with Gasteiger partial charge in [0, 0.05) is 12.1 Å². The lowest BCUT2D eigenvalue weighted by atomic mass is 10.1. The summed E-state index contributed by atoms with van der Waals surface area (Å²) in [4.78, 5) is 0. The minimum atomic E-state index is -4.94. The molecule has 6 heteroatoms. The second-order valence-electron chi connectivity index (χ2n) is 3.46. The molecule has 0 amide bonds. The Hall–Kier alpha value is -1.76. The number of pyridine rings is 1. The van der Waals surface area contributed by atoms with E-state index >= 15 is 0 Å². The zero-order valence-electron chi connectivity index (χ0n) is 9.94. The van der Waals surface area contributed by atoms with E-state index < -0.39 is 10.2 Å². The van der Waals surface area contributed by atoms with Gasteiger partial charge in [-0.1, -0.05) is 30.3 Å². The third kappa shape index (κ3) is 6.66. The lowest BCUT2D eigenvalue weighted by Crippen LogP contribution is -2.68. The Morgan fingerprint density at radius 1 is 0.842 bits per heavy atom. The number of hydrogen-bond acceptors (Lipinski definition) is 4. The van der Waals surface area contributed by atoms with Gasteiger partial charge in [0.05, 0.1) is 0 Å². The predicted octanol–water partition coefficient (Wildman–Crippen LogP) is -2.01. The molecule has 2 aromatic rings. The molecule has 0 saturated carbocycles. The molecule has 1 aromatic heterocycles. The van der Waals surface area contributed by atoms with Crippen molar-refractivity contribution in [1.29, 1.82) is 0 Å². The molecule has 19 heavy (non-hydrogen) atoms. The van der Waals surface area contributed by atoms with E-state index in [1.807, 2.05) is 35.2 Å². The van der Waals surface area contributed by atoms with Crippen molar-refractivity contribution in [2.24, 2.45) is 0 Å². The molecule has 5 nitrogen and oxygen atoms in total. The fourth-order valence-corrected chi connectivity index (χ4v) is 1.38. The molecule has 1 heterocycles. The van der Waals surface area contributed by atoms with Gasteiger partial charge in [0.1, 0.15) is 0 Å². The molecule has 0 aliphatic heterocycles. The summed E-state index contributed by atoms with van der Waals surface area (Å²) in [6.07, 6.45) is 5.76. The molecular weight excluding hydrogens is 270 g/mol. The van der Waals surface area contributed by atoms with Crippen LogP contribution in [-0.4, -0.2) is 0 Å². The normalized spacial score (nSPS) is 10.3. The molecular formula is C13H12ClNO4. The Balaban J connectivity index is 0.000000312. The molecule has 0 bridgehead atoms. The van der Waals surface area contributed by atoms with Crippen LogP contribution in [0.1, 0.15) is 0 Å². The van der Waals surface area contributed by atoms with Crippen LogP contribution in [0.3, 0.4) is 0 Å². The monoisotopic (exact) mass is 281 g/mol. The second kappa shape index (κ2) is 6.98. The van der Waals surface area contributed by atoms with Crippen LogP contribution in [-0.2, 0) is 0 Å². The first kappa shape index (κ1) is 15.3. The summed E-state index contributed by atoms with van der Waals surface area (Å²) < 4.78 is 35.9. The fraction of sp³-hybridized carbons (Fsp3) is 0. The topological polar surface area (TPSA) is 96.1 Å². The highest BCUT2D eigenvalue weighted by molar-refractivity contribution is 5.61. The van der Waals surface area contributed by atoms with Crippen molar-refractivity contribution >= 4 is 6.20 Å². The average Bonchev–Trinajstić information content (AvgIpc) is 2.38. The average molecular weight is 282 g/mol. The largest absolute Gasteiger partial charge is 0.222 e. The Labute approximate surface area is 113 Å². The molecule has 0 fully saturated rings. The Morgan fingerprint density at radius 2 is 1.26 bits per heavy atom. The molecule has 0 saturated heterocycles. The molecule has 1 aromatic carbocycles. The zero-order chi connectivity index (χ0) is 14.3. The number of halogens is 1. The van der Waals surface area contributed by atoms with Crippen molar-refractivity contribution in [2.45, 2.75) is 0 Å². The molecule has 0 aliphatic rings. The van der Waals surface area contributed by atoms with E-state index in [4.69, 9.17) is 18.6 Å². The van der Waals surface area contributed by atoms with Gasteiger partial charge in [-0.25, -0.2) is 18.6 Å². The number of hydrogen-bond donors (Lipinski definition) is 0. The third-order valence-corrected chi connectivity index (χ3v) is 2.17. The van der Waals surface area contributed by atoms with Gasteiger partial charge in [-0.2, -0.15) is 4.57 Å². The van der Waals surface area contributed by atoms with Crippen LogP contribution in [0.2, 0.25) is 0 Å². The number of benzene rings is 1. The first-order valence-corrected chi connectivity index (χ1v) is 6.44. The highest BCUT2D eigenvalue weighted by Crippen LogP contribution is 2.16. The van der Waals surface area contributed by atoms with Crippen LogP contribution >= 0.6 is 0 Å². The van der Waals surface area contributed by atoms with Gasteiger partial charge in [-0.15, -0.1) is 10.2 Å². The Kier molecular flexibility index (Phi) is 5.62. The van der Waals surface area contributed by atoms with Crippen molar-refractivity contribution in [3.8, 4) is 11.1 Å². The lowest BCUT2D eigenvalue weighted by molar-refractivity contribution is -2.00. The van der Waals surface area contributed by atoms with Gasteiger partial charge < -0.3 is 0 Å². The molecule has 0 N–H and O–H groups in total. The molecule has 0 spiro atoms. The highest BCUT2D eigenvalue weighted by atomic mass is 35.7. The van der Waals surface area contributed by atoms with Crippen LogP contribution in [0.5, 0.6) is 0 Å². The summed E-state index contributed by atoms with van der Waals surface area (Å²) in [6, 6.07) is 14.5. The molecule has 0 aliphatic carbocycles. The zero-order valence-corrected chi connectivity index (χ0v) is 10.7. The summed E-state index contributed by atoms with van der Waals surface area (Å²) in [5, 5.41) is 0. The van der Waals surface area contributed by atoms with Gasteiger partial charge in [0.15, 0.2) is 18.6 Å².